The van der Waals surface area contributed by atoms with Gasteiger partial charge in [0.2, 0.25) is 11.8 Å². The van der Waals surface area contributed by atoms with Crippen LogP contribution in [0.2, 0.25) is 0 Å². The number of hydrogen-bond acceptors (Lipinski definition) is 5. The van der Waals surface area contributed by atoms with E-state index in [2.05, 4.69) is 10.5 Å². The van der Waals surface area contributed by atoms with E-state index >= 15 is 0 Å². The predicted octanol–water partition coefficient (Wildman–Crippen LogP) is 1.91. The Hall–Kier alpha value is -2.24. The van der Waals surface area contributed by atoms with Crippen LogP contribution in [-0.2, 0) is 9.59 Å². The molecular formula is C12H13N3O3. The maximum absolute atomic E-state index is 11.4. The van der Waals surface area contributed by atoms with Crippen LogP contribution in [0, 0.1) is 11.8 Å². The van der Waals surface area contributed by atoms with Gasteiger partial charge in [0.15, 0.2) is 0 Å². The molecule has 2 rings (SSSR count). The van der Waals surface area contributed by atoms with Crippen LogP contribution in [0.4, 0.5) is 11.4 Å². The lowest BCUT2D eigenvalue weighted by Crippen LogP contribution is -2.34. The van der Waals surface area contributed by atoms with Crippen LogP contribution in [-0.4, -0.2) is 23.4 Å². The first-order chi connectivity index (χ1) is 8.61. The molecule has 1 saturated heterocycles. The van der Waals surface area contributed by atoms with Crippen LogP contribution in [0.1, 0.15) is 18.4 Å². The van der Waals surface area contributed by atoms with E-state index in [1.165, 1.54) is 4.90 Å². The third-order valence-corrected chi connectivity index (χ3v) is 2.90. The fourth-order valence-corrected chi connectivity index (χ4v) is 1.87. The molecule has 18 heavy (non-hydrogen) atoms. The summed E-state index contributed by atoms with van der Waals surface area (Å²) in [6, 6.07) is 4.93. The van der Waals surface area contributed by atoms with Crippen molar-refractivity contribution in [3.8, 4) is 0 Å². The molecule has 0 bridgehead atoms. The van der Waals surface area contributed by atoms with Crippen molar-refractivity contribution in [2.45, 2.75) is 19.8 Å². The lowest BCUT2D eigenvalue weighted by molar-refractivity contribution is -0.137. The van der Waals surface area contributed by atoms with Crippen molar-refractivity contribution in [3.05, 3.63) is 28.7 Å². The third-order valence-electron chi connectivity index (χ3n) is 2.90. The summed E-state index contributed by atoms with van der Waals surface area (Å²) in [5.74, 6) is -0.312. The number of hydrogen-bond donors (Lipinski definition) is 1. The molecule has 0 unspecified atom stereocenters. The summed E-state index contributed by atoms with van der Waals surface area (Å²) in [6.45, 7) is 1.98. The molecule has 0 spiro atoms. The second-order valence-corrected chi connectivity index (χ2v) is 4.14. The number of anilines is 1. The van der Waals surface area contributed by atoms with Gasteiger partial charge in [-0.25, -0.2) is 0 Å². The minimum atomic E-state index is -0.156. The van der Waals surface area contributed by atoms with Crippen LogP contribution in [0.5, 0.6) is 0 Å². The van der Waals surface area contributed by atoms with E-state index in [0.29, 0.717) is 5.69 Å². The number of likely N-dealkylation sites (tertiary alicyclic amines) is 1. The minimum absolute atomic E-state index is 0.156. The first-order valence-electron chi connectivity index (χ1n) is 5.63. The van der Waals surface area contributed by atoms with E-state index in [0.717, 1.165) is 11.3 Å². The molecule has 6 nitrogen and oxygen atoms in total. The Bertz CT molecular complexity index is 497. The number of nitroso groups, excluding NO2 is 1. The number of benzene rings is 1. The smallest absolute Gasteiger partial charge is 0.231 e. The largest absolute Gasteiger partial charge is 0.367 e. The van der Waals surface area contributed by atoms with Gasteiger partial charge in [0.05, 0.1) is 6.67 Å². The van der Waals surface area contributed by atoms with Crippen molar-refractivity contribution in [1.82, 2.24) is 4.90 Å². The number of nitrogens with zero attached hydrogens (tertiary/aromatic N) is 2. The van der Waals surface area contributed by atoms with Gasteiger partial charge in [-0.1, -0.05) is 0 Å². The molecule has 0 aromatic heterocycles. The molecule has 1 aliphatic rings. The number of carbonyl (C=O) groups excluding carboxylic acids is 2. The molecule has 1 fully saturated rings. The van der Waals surface area contributed by atoms with Crippen molar-refractivity contribution in [1.29, 1.82) is 0 Å². The fraction of sp³-hybridized carbons (Fsp3) is 0.333. The maximum atomic E-state index is 11.4. The molecule has 2 amide bonds. The quantitative estimate of drug-likeness (QED) is 0.651. The van der Waals surface area contributed by atoms with E-state index in [-0.39, 0.29) is 31.3 Å². The molecule has 1 aliphatic heterocycles. The molecule has 0 aliphatic carbocycles. The van der Waals surface area contributed by atoms with E-state index in [1.54, 1.807) is 18.2 Å². The Kier molecular flexibility index (Phi) is 3.36. The average Bonchev–Trinajstić information content (AvgIpc) is 2.68. The van der Waals surface area contributed by atoms with Gasteiger partial charge < -0.3 is 5.32 Å². The monoisotopic (exact) mass is 247 g/mol. The zero-order valence-electron chi connectivity index (χ0n) is 9.97. The number of carbonyl (C=O) groups is 2. The highest BCUT2D eigenvalue weighted by molar-refractivity contribution is 6.02. The topological polar surface area (TPSA) is 78.8 Å². The van der Waals surface area contributed by atoms with Gasteiger partial charge in [0.25, 0.3) is 0 Å². The first kappa shape index (κ1) is 12.2. The van der Waals surface area contributed by atoms with E-state index in [1.807, 2.05) is 6.92 Å². The lowest BCUT2D eigenvalue weighted by atomic mass is 10.2. The van der Waals surface area contributed by atoms with Gasteiger partial charge >= 0.3 is 0 Å². The average molecular weight is 247 g/mol. The van der Waals surface area contributed by atoms with Crippen molar-refractivity contribution in [2.75, 3.05) is 12.0 Å². The predicted molar refractivity (Wildman–Crippen MR) is 66.2 cm³/mol. The van der Waals surface area contributed by atoms with Gasteiger partial charge in [-0.05, 0) is 35.9 Å². The highest BCUT2D eigenvalue weighted by atomic mass is 16.3. The molecule has 1 aromatic carbocycles. The zero-order valence-corrected chi connectivity index (χ0v) is 9.97. The summed E-state index contributed by atoms with van der Waals surface area (Å²) in [5.41, 5.74) is 1.97. The number of rotatable bonds is 4. The summed E-state index contributed by atoms with van der Waals surface area (Å²) < 4.78 is 0. The fourth-order valence-electron chi connectivity index (χ4n) is 1.87. The lowest BCUT2D eigenvalue weighted by Gasteiger charge is -2.16. The number of amides is 2. The summed E-state index contributed by atoms with van der Waals surface area (Å²) in [5, 5.41) is 5.85. The number of imide groups is 1. The minimum Gasteiger partial charge on any atom is -0.367 e. The highest BCUT2D eigenvalue weighted by Crippen LogP contribution is 2.22. The van der Waals surface area contributed by atoms with Gasteiger partial charge in [0, 0.05) is 18.5 Å². The van der Waals surface area contributed by atoms with E-state index in [4.69, 9.17) is 0 Å². The molecule has 0 saturated carbocycles. The van der Waals surface area contributed by atoms with Crippen molar-refractivity contribution < 1.29 is 9.59 Å². The van der Waals surface area contributed by atoms with Gasteiger partial charge in [-0.3, -0.25) is 14.5 Å². The van der Waals surface area contributed by atoms with Crippen LogP contribution in [0.3, 0.4) is 0 Å². The summed E-state index contributed by atoms with van der Waals surface area (Å²) >= 11 is 0. The molecule has 1 aromatic rings. The number of aryl methyl sites for hydroxylation is 1. The van der Waals surface area contributed by atoms with Crippen molar-refractivity contribution >= 4 is 23.2 Å². The van der Waals surface area contributed by atoms with Gasteiger partial charge in [0.1, 0.15) is 5.69 Å². The maximum Gasteiger partial charge on any atom is 0.231 e. The van der Waals surface area contributed by atoms with E-state index in [9.17, 15) is 14.5 Å². The normalized spacial score (nSPS) is 15.1. The van der Waals surface area contributed by atoms with Crippen molar-refractivity contribution in [3.63, 3.8) is 0 Å². The highest BCUT2D eigenvalue weighted by Gasteiger charge is 2.28. The van der Waals surface area contributed by atoms with Crippen LogP contribution >= 0.6 is 0 Å². The standard InChI is InChI=1S/C12H13N3O3/c1-8-6-9(14-18)2-3-10(8)13-7-15-11(16)4-5-12(15)17/h2-3,6,13H,4-5,7H2,1H3. The molecule has 6 heteroatoms. The molecule has 1 heterocycles. The summed E-state index contributed by atoms with van der Waals surface area (Å²) in [7, 11) is 0. The second kappa shape index (κ2) is 4.95. The SMILES string of the molecule is Cc1cc(N=O)ccc1NCN1C(=O)CCC1=O. The summed E-state index contributed by atoms with van der Waals surface area (Å²) in [4.78, 5) is 34.4. The Labute approximate surface area is 104 Å². The summed E-state index contributed by atoms with van der Waals surface area (Å²) in [6.07, 6.45) is 0.570. The van der Waals surface area contributed by atoms with Crippen LogP contribution in [0.15, 0.2) is 23.4 Å². The van der Waals surface area contributed by atoms with Crippen LogP contribution < -0.4 is 5.32 Å². The molecular weight excluding hydrogens is 234 g/mol. The van der Waals surface area contributed by atoms with Crippen molar-refractivity contribution in [2.24, 2.45) is 5.18 Å². The van der Waals surface area contributed by atoms with Gasteiger partial charge in [-0.2, -0.15) is 0 Å². The molecule has 0 radical (unpaired) electrons. The molecule has 94 valence electrons. The molecule has 1 N–H and O–H groups in total. The Morgan fingerprint density at radius 3 is 2.50 bits per heavy atom. The first-order valence-corrected chi connectivity index (χ1v) is 5.63. The second-order valence-electron chi connectivity index (χ2n) is 4.14. The Morgan fingerprint density at radius 2 is 1.94 bits per heavy atom. The van der Waals surface area contributed by atoms with Gasteiger partial charge in [-0.15, -0.1) is 4.91 Å². The molecule has 0 atom stereocenters. The number of nitrogens with one attached hydrogen (secondary N) is 1. The zero-order chi connectivity index (χ0) is 13.1. The Balaban J connectivity index is 2.04. The van der Waals surface area contributed by atoms with E-state index < -0.39 is 0 Å². The third kappa shape index (κ3) is 2.37. The Morgan fingerprint density at radius 1 is 1.28 bits per heavy atom. The van der Waals surface area contributed by atoms with Crippen LogP contribution in [0.25, 0.3) is 0 Å².